The number of nitrogens with zero attached hydrogens (tertiary/aromatic N) is 2. The van der Waals surface area contributed by atoms with Gasteiger partial charge in [0.05, 0.1) is 30.6 Å². The molecule has 2 aromatic rings. The van der Waals surface area contributed by atoms with E-state index in [-0.39, 0.29) is 24.3 Å². The van der Waals surface area contributed by atoms with Gasteiger partial charge in [0.2, 0.25) is 17.7 Å². The lowest BCUT2D eigenvalue weighted by molar-refractivity contribution is -0.152. The van der Waals surface area contributed by atoms with Crippen LogP contribution in [0.1, 0.15) is 50.2 Å². The van der Waals surface area contributed by atoms with E-state index < -0.39 is 47.4 Å². The Bertz CT molecular complexity index is 1370. The number of piperidine rings is 1. The highest BCUT2D eigenvalue weighted by Gasteiger charge is 2.55. The smallest absolute Gasteiger partial charge is 0.333 e. The first kappa shape index (κ1) is 36.1. The minimum atomic E-state index is -1.79. The number of carboxylic acids is 2. The molecule has 2 heterocycles. The SMILES string of the molecule is CN1C[C@@H](c2ccccc2)[C@@]2(CCCN(C(=O)[C@@H](COCc3ccccc3)NC(=O)C(C)(C)N)C2)C1=O.O=C(O)CC(O)C(=O)O. The Balaban J connectivity index is 0.000000559. The molecule has 13 heteroatoms. The lowest BCUT2D eigenvalue weighted by Crippen LogP contribution is -2.60. The summed E-state index contributed by atoms with van der Waals surface area (Å²) >= 11 is 0. The summed E-state index contributed by atoms with van der Waals surface area (Å²) in [7, 11) is 1.83. The zero-order chi connectivity index (χ0) is 34.1. The van der Waals surface area contributed by atoms with E-state index in [9.17, 15) is 24.0 Å². The molecule has 0 aliphatic carbocycles. The van der Waals surface area contributed by atoms with Crippen LogP contribution in [0.2, 0.25) is 0 Å². The number of carbonyl (C=O) groups is 5. The molecule has 2 fully saturated rings. The Morgan fingerprint density at radius 1 is 1.07 bits per heavy atom. The van der Waals surface area contributed by atoms with E-state index in [1.54, 1.807) is 23.6 Å². The molecule has 6 N–H and O–H groups in total. The summed E-state index contributed by atoms with van der Waals surface area (Å²) < 4.78 is 5.87. The van der Waals surface area contributed by atoms with Crippen molar-refractivity contribution in [2.75, 3.05) is 33.3 Å². The van der Waals surface area contributed by atoms with Crippen molar-refractivity contribution in [1.29, 1.82) is 0 Å². The number of aliphatic hydroxyl groups is 1. The molecule has 46 heavy (non-hydrogen) atoms. The summed E-state index contributed by atoms with van der Waals surface area (Å²) in [5.74, 6) is -3.46. The minimum Gasteiger partial charge on any atom is -0.481 e. The standard InChI is InChI=1S/C29H38N4O4.C4H6O5/c1-28(2,30)26(35)31-24(19-37-18-21-11-6-4-7-12-21)25(34)33-16-10-15-29(20-33)23(17-32(3)27(29)36)22-13-8-5-9-14-22;5-2(4(8)9)1-3(6)7/h4-9,11-14,23-24H,10,15-20,30H2,1-3H3,(H,31,35);2,5H,1H2,(H,6,7)(H,8,9)/t23-,24+,29-;/m0./s1. The van der Waals surface area contributed by atoms with Crippen molar-refractivity contribution >= 4 is 29.7 Å². The van der Waals surface area contributed by atoms with Gasteiger partial charge in [-0.2, -0.15) is 0 Å². The molecule has 2 aromatic carbocycles. The highest BCUT2D eigenvalue weighted by atomic mass is 16.5. The second-order valence-electron chi connectivity index (χ2n) is 12.4. The number of rotatable bonds is 11. The Labute approximate surface area is 268 Å². The first-order valence-corrected chi connectivity index (χ1v) is 15.1. The summed E-state index contributed by atoms with van der Waals surface area (Å²) in [6.07, 6.45) is -1.11. The molecular weight excluding hydrogens is 596 g/mol. The molecule has 250 valence electrons. The number of hydrogen-bond acceptors (Lipinski definition) is 8. The summed E-state index contributed by atoms with van der Waals surface area (Å²) in [4.78, 5) is 63.0. The van der Waals surface area contributed by atoms with Gasteiger partial charge in [0.15, 0.2) is 6.10 Å². The monoisotopic (exact) mass is 640 g/mol. The van der Waals surface area contributed by atoms with Crippen LogP contribution in [0.3, 0.4) is 0 Å². The Kier molecular flexibility index (Phi) is 12.4. The summed E-state index contributed by atoms with van der Waals surface area (Å²) in [6, 6.07) is 18.8. The minimum absolute atomic E-state index is 0.00727. The second-order valence-corrected chi connectivity index (χ2v) is 12.4. The van der Waals surface area contributed by atoms with E-state index in [4.69, 9.17) is 25.8 Å². The van der Waals surface area contributed by atoms with Crippen molar-refractivity contribution in [3.05, 3.63) is 71.8 Å². The highest BCUT2D eigenvalue weighted by Crippen LogP contribution is 2.49. The number of amides is 3. The maximum atomic E-state index is 13.8. The molecule has 0 saturated carbocycles. The molecule has 4 rings (SSSR count). The molecule has 0 aromatic heterocycles. The van der Waals surface area contributed by atoms with Crippen molar-refractivity contribution in [2.45, 2.75) is 63.3 Å². The van der Waals surface area contributed by atoms with Crippen molar-refractivity contribution < 1.29 is 44.0 Å². The highest BCUT2D eigenvalue weighted by molar-refractivity contribution is 5.93. The van der Waals surface area contributed by atoms with Crippen molar-refractivity contribution in [3.8, 4) is 0 Å². The molecule has 3 amide bonds. The van der Waals surface area contributed by atoms with Crippen LogP contribution in [-0.4, -0.2) is 106 Å². The van der Waals surface area contributed by atoms with Crippen molar-refractivity contribution in [3.63, 3.8) is 0 Å². The number of benzene rings is 2. The quantitative estimate of drug-likeness (QED) is 0.238. The molecule has 1 unspecified atom stereocenters. The van der Waals surface area contributed by atoms with Gasteiger partial charge in [0.25, 0.3) is 0 Å². The van der Waals surface area contributed by atoms with Crippen molar-refractivity contribution in [1.82, 2.24) is 15.1 Å². The second kappa shape index (κ2) is 15.8. The zero-order valence-electron chi connectivity index (χ0n) is 26.4. The fraction of sp³-hybridized carbons (Fsp3) is 0.485. The molecule has 0 bridgehead atoms. The average Bonchev–Trinajstić information content (AvgIpc) is 3.25. The van der Waals surface area contributed by atoms with Gasteiger partial charge in [-0.25, -0.2) is 4.79 Å². The predicted octanol–water partition coefficient (Wildman–Crippen LogP) is 1.20. The van der Waals surface area contributed by atoms with E-state index in [2.05, 4.69) is 17.4 Å². The molecule has 1 spiro atoms. The number of likely N-dealkylation sites (tertiary alicyclic amines) is 2. The maximum Gasteiger partial charge on any atom is 0.333 e. The van der Waals surface area contributed by atoms with Crippen LogP contribution in [0.25, 0.3) is 0 Å². The number of aliphatic carboxylic acids is 2. The lowest BCUT2D eigenvalue weighted by atomic mass is 9.69. The number of hydrogen-bond donors (Lipinski definition) is 5. The van der Waals surface area contributed by atoms with E-state index >= 15 is 0 Å². The predicted molar refractivity (Wildman–Crippen MR) is 167 cm³/mol. The number of nitrogens with one attached hydrogen (secondary N) is 1. The van der Waals surface area contributed by atoms with Gasteiger partial charge in [-0.05, 0) is 37.8 Å². The van der Waals surface area contributed by atoms with Crippen LogP contribution in [-0.2, 0) is 35.3 Å². The number of likely N-dealkylation sites (N-methyl/N-ethyl adjacent to an activating group) is 1. The number of carboxylic acid groups (broad SMARTS) is 2. The largest absolute Gasteiger partial charge is 0.481 e. The van der Waals surface area contributed by atoms with E-state index in [1.807, 2.05) is 55.6 Å². The normalized spacial score (nSPS) is 20.8. The molecule has 2 saturated heterocycles. The van der Waals surface area contributed by atoms with E-state index in [0.717, 1.165) is 17.5 Å². The van der Waals surface area contributed by atoms with E-state index in [0.29, 0.717) is 32.7 Å². The molecular formula is C33H44N4O9. The third-order valence-corrected chi connectivity index (χ3v) is 8.17. The molecule has 0 radical (unpaired) electrons. The third kappa shape index (κ3) is 9.35. The fourth-order valence-electron chi connectivity index (χ4n) is 5.76. The molecule has 2 aliphatic heterocycles. The topological polar surface area (TPSA) is 200 Å². The zero-order valence-corrected chi connectivity index (χ0v) is 26.4. The van der Waals surface area contributed by atoms with Gasteiger partial charge in [-0.1, -0.05) is 60.7 Å². The molecule has 4 atom stereocenters. The number of ether oxygens (including phenoxy) is 1. The maximum absolute atomic E-state index is 13.8. The van der Waals surface area contributed by atoms with Crippen LogP contribution in [0.15, 0.2) is 60.7 Å². The Morgan fingerprint density at radius 2 is 1.67 bits per heavy atom. The Hall–Kier alpha value is -4.33. The average molecular weight is 641 g/mol. The van der Waals surface area contributed by atoms with Crippen LogP contribution < -0.4 is 11.1 Å². The van der Waals surface area contributed by atoms with Crippen molar-refractivity contribution in [2.24, 2.45) is 11.1 Å². The van der Waals surface area contributed by atoms with E-state index in [1.165, 1.54) is 0 Å². The first-order chi connectivity index (χ1) is 21.7. The Morgan fingerprint density at radius 3 is 2.22 bits per heavy atom. The third-order valence-electron chi connectivity index (χ3n) is 8.17. The van der Waals surface area contributed by atoms with Gasteiger partial charge in [0.1, 0.15) is 6.04 Å². The summed E-state index contributed by atoms with van der Waals surface area (Å²) in [6.45, 7) is 4.98. The van der Waals surface area contributed by atoms with Gasteiger partial charge in [0, 0.05) is 32.6 Å². The van der Waals surface area contributed by atoms with Gasteiger partial charge in [-0.3, -0.25) is 19.2 Å². The summed E-state index contributed by atoms with van der Waals surface area (Å²) in [5, 5.41) is 27.0. The van der Waals surface area contributed by atoms with Gasteiger partial charge < -0.3 is 40.9 Å². The van der Waals surface area contributed by atoms with Crippen LogP contribution >= 0.6 is 0 Å². The van der Waals surface area contributed by atoms with Gasteiger partial charge >= 0.3 is 11.9 Å². The fourth-order valence-corrected chi connectivity index (χ4v) is 5.76. The van der Waals surface area contributed by atoms with Crippen LogP contribution in [0.5, 0.6) is 0 Å². The molecule has 13 nitrogen and oxygen atoms in total. The number of aliphatic hydroxyl groups excluding tert-OH is 1. The van der Waals surface area contributed by atoms with Gasteiger partial charge in [-0.15, -0.1) is 0 Å². The van der Waals surface area contributed by atoms with Crippen LogP contribution in [0, 0.1) is 5.41 Å². The lowest BCUT2D eigenvalue weighted by Gasteiger charge is -2.43. The number of carbonyl (C=O) groups excluding carboxylic acids is 3. The molecule has 2 aliphatic rings. The van der Waals surface area contributed by atoms with Crippen LogP contribution in [0.4, 0.5) is 0 Å². The first-order valence-electron chi connectivity index (χ1n) is 15.1. The summed E-state index contributed by atoms with van der Waals surface area (Å²) in [5.41, 5.74) is 6.26. The number of nitrogens with two attached hydrogens (primary N) is 1.